The maximum absolute atomic E-state index is 6.25. The average Bonchev–Trinajstić information content (AvgIpc) is 3.06. The van der Waals surface area contributed by atoms with Gasteiger partial charge in [0.2, 0.25) is 6.79 Å². The molecule has 0 unspecified atom stereocenters. The van der Waals surface area contributed by atoms with Crippen LogP contribution >= 0.6 is 23.4 Å². The first-order chi connectivity index (χ1) is 10.2. The second-order valence-corrected chi connectivity index (χ2v) is 5.81. The molecule has 106 valence electrons. The van der Waals surface area contributed by atoms with Gasteiger partial charge in [-0.05, 0) is 12.1 Å². The van der Waals surface area contributed by atoms with Gasteiger partial charge in [0.05, 0.1) is 10.5 Å². The molecule has 0 bridgehead atoms. The van der Waals surface area contributed by atoms with E-state index < -0.39 is 0 Å². The summed E-state index contributed by atoms with van der Waals surface area (Å²) in [5.74, 6) is 1.73. The second kappa shape index (κ2) is 4.71. The van der Waals surface area contributed by atoms with Gasteiger partial charge >= 0.3 is 0 Å². The van der Waals surface area contributed by atoms with Gasteiger partial charge in [-0.2, -0.15) is 0 Å². The van der Waals surface area contributed by atoms with Crippen molar-refractivity contribution in [2.24, 2.45) is 0 Å². The molecule has 3 N–H and O–H groups in total. The van der Waals surface area contributed by atoms with Crippen LogP contribution in [0.4, 0.5) is 5.82 Å². The van der Waals surface area contributed by atoms with Crippen LogP contribution in [-0.2, 0) is 0 Å². The standard InChI is InChI=1S/C13H9ClN4O2S/c14-6-3-8-9(20-5-19-8)4-10(6)21-13-17-7-1-2-16-12(15)11(7)18-13/h1-4H,5H2,(H2,15,16)(H,17,18). The molecule has 4 rings (SSSR count). The minimum Gasteiger partial charge on any atom is -0.454 e. The third-order valence-electron chi connectivity index (χ3n) is 3.04. The van der Waals surface area contributed by atoms with Gasteiger partial charge in [0.1, 0.15) is 5.52 Å². The number of nitrogens with one attached hydrogen (secondary N) is 1. The van der Waals surface area contributed by atoms with Gasteiger partial charge in [0.15, 0.2) is 22.5 Å². The summed E-state index contributed by atoms with van der Waals surface area (Å²) in [4.78, 5) is 12.5. The van der Waals surface area contributed by atoms with E-state index >= 15 is 0 Å². The van der Waals surface area contributed by atoms with Crippen molar-refractivity contribution < 1.29 is 9.47 Å². The Bertz CT molecular complexity index is 852. The predicted octanol–water partition coefficient (Wildman–Crippen LogP) is 3.07. The number of nitrogens with two attached hydrogens (primary N) is 1. The normalized spacial score (nSPS) is 13.0. The fourth-order valence-electron chi connectivity index (χ4n) is 2.06. The van der Waals surface area contributed by atoms with E-state index in [1.807, 2.05) is 12.1 Å². The van der Waals surface area contributed by atoms with Crippen LogP contribution in [-0.4, -0.2) is 21.7 Å². The van der Waals surface area contributed by atoms with Gasteiger partial charge in [-0.1, -0.05) is 23.4 Å². The molecule has 0 atom stereocenters. The molecule has 1 aliphatic rings. The molecule has 1 aliphatic heterocycles. The summed E-state index contributed by atoms with van der Waals surface area (Å²) in [6, 6.07) is 5.40. The number of halogens is 1. The smallest absolute Gasteiger partial charge is 0.231 e. The Morgan fingerprint density at radius 3 is 2.90 bits per heavy atom. The van der Waals surface area contributed by atoms with Gasteiger partial charge in [0, 0.05) is 17.2 Å². The van der Waals surface area contributed by atoms with E-state index in [1.54, 1.807) is 12.3 Å². The van der Waals surface area contributed by atoms with Gasteiger partial charge in [-0.3, -0.25) is 0 Å². The molecule has 0 fully saturated rings. The molecule has 1 aromatic carbocycles. The summed E-state index contributed by atoms with van der Waals surface area (Å²) in [5, 5.41) is 1.27. The number of imidazole rings is 1. The highest BCUT2D eigenvalue weighted by molar-refractivity contribution is 7.99. The van der Waals surface area contributed by atoms with Crippen LogP contribution in [0.1, 0.15) is 0 Å². The summed E-state index contributed by atoms with van der Waals surface area (Å²) in [7, 11) is 0. The number of nitrogens with zero attached hydrogens (tertiary/aromatic N) is 2. The largest absolute Gasteiger partial charge is 0.454 e. The zero-order chi connectivity index (χ0) is 14.4. The molecule has 0 saturated heterocycles. The van der Waals surface area contributed by atoms with Crippen LogP contribution in [0.15, 0.2) is 34.4 Å². The lowest BCUT2D eigenvalue weighted by atomic mass is 10.3. The average molecular weight is 321 g/mol. The Balaban J connectivity index is 1.73. The molecule has 0 radical (unpaired) electrons. The lowest BCUT2D eigenvalue weighted by Crippen LogP contribution is -1.92. The van der Waals surface area contributed by atoms with Crippen molar-refractivity contribution in [2.45, 2.75) is 10.1 Å². The number of ether oxygens (including phenoxy) is 2. The molecular formula is C13H9ClN4O2S. The number of H-pyrrole nitrogens is 1. The topological polar surface area (TPSA) is 86.0 Å². The number of anilines is 1. The highest BCUT2D eigenvalue weighted by atomic mass is 35.5. The van der Waals surface area contributed by atoms with E-state index in [2.05, 4.69) is 15.0 Å². The molecule has 8 heteroatoms. The molecule has 21 heavy (non-hydrogen) atoms. The molecule has 0 amide bonds. The van der Waals surface area contributed by atoms with Gasteiger partial charge in [0.25, 0.3) is 0 Å². The number of hydrogen-bond acceptors (Lipinski definition) is 6. The SMILES string of the molecule is Nc1nccc2[nH]c(Sc3cc4c(cc3Cl)OCO4)nc12. The van der Waals surface area contributed by atoms with Gasteiger partial charge in [-0.15, -0.1) is 0 Å². The quantitative estimate of drug-likeness (QED) is 0.754. The van der Waals surface area contributed by atoms with E-state index in [9.17, 15) is 0 Å². The Hall–Kier alpha value is -2.12. The Kier molecular flexibility index (Phi) is 2.83. The Morgan fingerprint density at radius 2 is 2.10 bits per heavy atom. The molecule has 3 heterocycles. The van der Waals surface area contributed by atoms with E-state index in [-0.39, 0.29) is 6.79 Å². The molecule has 2 aromatic heterocycles. The molecule has 3 aromatic rings. The summed E-state index contributed by atoms with van der Waals surface area (Å²) in [6.45, 7) is 0.215. The summed E-state index contributed by atoms with van der Waals surface area (Å²) in [6.07, 6.45) is 1.64. The first kappa shape index (κ1) is 12.6. The molecule has 0 saturated carbocycles. The monoisotopic (exact) mass is 320 g/mol. The predicted molar refractivity (Wildman–Crippen MR) is 80.0 cm³/mol. The van der Waals surface area contributed by atoms with Crippen molar-refractivity contribution in [2.75, 3.05) is 12.5 Å². The maximum atomic E-state index is 6.25. The Labute approximate surface area is 128 Å². The number of rotatable bonds is 2. The number of aromatic amines is 1. The van der Waals surface area contributed by atoms with E-state index in [0.717, 1.165) is 10.4 Å². The number of nitrogen functional groups attached to an aromatic ring is 1. The minimum absolute atomic E-state index is 0.215. The van der Waals surface area contributed by atoms with E-state index in [4.69, 9.17) is 26.8 Å². The third kappa shape index (κ3) is 2.14. The Morgan fingerprint density at radius 1 is 1.29 bits per heavy atom. The highest BCUT2D eigenvalue weighted by Crippen LogP contribution is 2.42. The van der Waals surface area contributed by atoms with Crippen LogP contribution in [0.3, 0.4) is 0 Å². The highest BCUT2D eigenvalue weighted by Gasteiger charge is 2.18. The van der Waals surface area contributed by atoms with Crippen LogP contribution in [0.5, 0.6) is 11.5 Å². The zero-order valence-electron chi connectivity index (χ0n) is 10.6. The molecule has 6 nitrogen and oxygen atoms in total. The first-order valence-corrected chi connectivity index (χ1v) is 7.27. The van der Waals surface area contributed by atoms with Crippen molar-refractivity contribution in [1.29, 1.82) is 0 Å². The minimum atomic E-state index is 0.215. The van der Waals surface area contributed by atoms with Crippen molar-refractivity contribution in [3.05, 3.63) is 29.4 Å². The number of benzene rings is 1. The van der Waals surface area contributed by atoms with Crippen LogP contribution in [0.2, 0.25) is 5.02 Å². The third-order valence-corrected chi connectivity index (χ3v) is 4.41. The fourth-order valence-corrected chi connectivity index (χ4v) is 3.16. The lowest BCUT2D eigenvalue weighted by Gasteiger charge is -2.03. The van der Waals surface area contributed by atoms with Crippen molar-refractivity contribution in [3.8, 4) is 11.5 Å². The van der Waals surface area contributed by atoms with Crippen molar-refractivity contribution >= 4 is 40.2 Å². The van der Waals surface area contributed by atoms with Crippen molar-refractivity contribution in [1.82, 2.24) is 15.0 Å². The number of fused-ring (bicyclic) bond motifs is 2. The second-order valence-electron chi connectivity index (χ2n) is 4.37. The number of aromatic nitrogens is 3. The molecule has 0 spiro atoms. The molecular weight excluding hydrogens is 312 g/mol. The maximum Gasteiger partial charge on any atom is 0.231 e. The zero-order valence-corrected chi connectivity index (χ0v) is 12.2. The van der Waals surface area contributed by atoms with Crippen LogP contribution in [0, 0.1) is 0 Å². The van der Waals surface area contributed by atoms with Crippen LogP contribution in [0.25, 0.3) is 11.0 Å². The number of pyridine rings is 1. The van der Waals surface area contributed by atoms with E-state index in [0.29, 0.717) is 33.0 Å². The number of hydrogen-bond donors (Lipinski definition) is 2. The summed E-state index contributed by atoms with van der Waals surface area (Å²) >= 11 is 7.65. The lowest BCUT2D eigenvalue weighted by molar-refractivity contribution is 0.174. The summed E-state index contributed by atoms with van der Waals surface area (Å²) < 4.78 is 10.6. The fraction of sp³-hybridized carbons (Fsp3) is 0.0769. The van der Waals surface area contributed by atoms with Crippen molar-refractivity contribution in [3.63, 3.8) is 0 Å². The van der Waals surface area contributed by atoms with Gasteiger partial charge in [-0.25, -0.2) is 9.97 Å². The molecule has 0 aliphatic carbocycles. The van der Waals surface area contributed by atoms with Gasteiger partial charge < -0.3 is 20.2 Å². The first-order valence-electron chi connectivity index (χ1n) is 6.08. The summed E-state index contributed by atoms with van der Waals surface area (Å²) in [5.41, 5.74) is 7.29. The van der Waals surface area contributed by atoms with Crippen LogP contribution < -0.4 is 15.2 Å². The van der Waals surface area contributed by atoms with E-state index in [1.165, 1.54) is 11.8 Å².